The SMILES string of the molecule is Cc1nc([C@H]2CN(c3nnc(C(F)(F)F)s3)CCO2)no1. The maximum absolute atomic E-state index is 12.5. The third-order valence-electron chi connectivity index (χ3n) is 2.83. The van der Waals surface area contributed by atoms with Crippen LogP contribution in [0.4, 0.5) is 18.3 Å². The number of nitrogens with zero attached hydrogens (tertiary/aromatic N) is 5. The minimum absolute atomic E-state index is 0.204. The van der Waals surface area contributed by atoms with Crippen LogP contribution >= 0.6 is 11.3 Å². The highest BCUT2D eigenvalue weighted by atomic mass is 32.1. The molecule has 2 aromatic rings. The quantitative estimate of drug-likeness (QED) is 0.835. The topological polar surface area (TPSA) is 77.2 Å². The van der Waals surface area contributed by atoms with Gasteiger partial charge in [0.1, 0.15) is 6.10 Å². The predicted molar refractivity (Wildman–Crippen MR) is 64.9 cm³/mol. The lowest BCUT2D eigenvalue weighted by atomic mass is 10.2. The Morgan fingerprint density at radius 1 is 1.33 bits per heavy atom. The van der Waals surface area contributed by atoms with Crippen LogP contribution in [0.1, 0.15) is 22.8 Å². The third kappa shape index (κ3) is 2.97. The van der Waals surface area contributed by atoms with Gasteiger partial charge < -0.3 is 14.2 Å². The van der Waals surface area contributed by atoms with Crippen molar-refractivity contribution in [3.63, 3.8) is 0 Å². The fourth-order valence-corrected chi connectivity index (χ4v) is 2.63. The van der Waals surface area contributed by atoms with E-state index in [-0.39, 0.29) is 5.13 Å². The van der Waals surface area contributed by atoms with E-state index in [1.165, 1.54) is 0 Å². The van der Waals surface area contributed by atoms with E-state index in [0.29, 0.717) is 42.7 Å². The molecular weight excluding hydrogens is 311 g/mol. The number of halogens is 3. The van der Waals surface area contributed by atoms with Gasteiger partial charge in [-0.05, 0) is 0 Å². The molecule has 21 heavy (non-hydrogen) atoms. The van der Waals surface area contributed by atoms with Crippen molar-refractivity contribution in [1.82, 2.24) is 20.3 Å². The fourth-order valence-electron chi connectivity index (χ4n) is 1.88. The monoisotopic (exact) mass is 321 g/mol. The number of hydrogen-bond acceptors (Lipinski definition) is 8. The van der Waals surface area contributed by atoms with Crippen LogP contribution in [-0.4, -0.2) is 40.0 Å². The normalized spacial score (nSPS) is 20.0. The lowest BCUT2D eigenvalue weighted by molar-refractivity contribution is -0.138. The molecule has 0 aliphatic carbocycles. The predicted octanol–water partition coefficient (Wildman–Crippen LogP) is 1.83. The molecule has 0 spiro atoms. The first-order chi connectivity index (χ1) is 9.93. The second-order valence-electron chi connectivity index (χ2n) is 4.36. The zero-order valence-corrected chi connectivity index (χ0v) is 11.6. The van der Waals surface area contributed by atoms with Crippen LogP contribution in [0.25, 0.3) is 0 Å². The van der Waals surface area contributed by atoms with Crippen molar-refractivity contribution < 1.29 is 22.4 Å². The second-order valence-corrected chi connectivity index (χ2v) is 5.32. The third-order valence-corrected chi connectivity index (χ3v) is 3.85. The number of aromatic nitrogens is 4. The number of morpholine rings is 1. The van der Waals surface area contributed by atoms with Crippen LogP contribution in [0.3, 0.4) is 0 Å². The van der Waals surface area contributed by atoms with E-state index in [1.54, 1.807) is 11.8 Å². The molecule has 0 radical (unpaired) electrons. The molecule has 0 unspecified atom stereocenters. The van der Waals surface area contributed by atoms with Crippen molar-refractivity contribution in [2.24, 2.45) is 0 Å². The van der Waals surface area contributed by atoms with E-state index in [9.17, 15) is 13.2 Å². The highest BCUT2D eigenvalue weighted by Gasteiger charge is 2.37. The summed E-state index contributed by atoms with van der Waals surface area (Å²) in [4.78, 5) is 5.74. The number of alkyl halides is 3. The van der Waals surface area contributed by atoms with Gasteiger partial charge in [-0.25, -0.2) is 0 Å². The molecular formula is C10H10F3N5O2S. The number of hydrogen-bond donors (Lipinski definition) is 0. The van der Waals surface area contributed by atoms with Crippen molar-refractivity contribution in [1.29, 1.82) is 0 Å². The second kappa shape index (κ2) is 5.22. The maximum atomic E-state index is 12.5. The molecule has 1 atom stereocenters. The van der Waals surface area contributed by atoms with E-state index in [1.807, 2.05) is 0 Å². The van der Waals surface area contributed by atoms with E-state index in [0.717, 1.165) is 0 Å². The minimum Gasteiger partial charge on any atom is -0.366 e. The molecule has 1 aliphatic heterocycles. The van der Waals surface area contributed by atoms with Crippen LogP contribution < -0.4 is 4.90 Å². The summed E-state index contributed by atoms with van der Waals surface area (Å²) >= 11 is 0.508. The van der Waals surface area contributed by atoms with Gasteiger partial charge in [-0.2, -0.15) is 18.2 Å². The van der Waals surface area contributed by atoms with Gasteiger partial charge in [0.25, 0.3) is 0 Å². The molecule has 7 nitrogen and oxygen atoms in total. The molecule has 3 rings (SSSR count). The zero-order valence-electron chi connectivity index (χ0n) is 10.8. The molecule has 3 heterocycles. The summed E-state index contributed by atoms with van der Waals surface area (Å²) in [7, 11) is 0. The summed E-state index contributed by atoms with van der Waals surface area (Å²) < 4.78 is 48.0. The van der Waals surface area contributed by atoms with Crippen LogP contribution in [0, 0.1) is 6.92 Å². The summed E-state index contributed by atoms with van der Waals surface area (Å²) in [5.41, 5.74) is 0. The van der Waals surface area contributed by atoms with Crippen molar-refractivity contribution >= 4 is 16.5 Å². The van der Waals surface area contributed by atoms with Crippen LogP contribution in [-0.2, 0) is 10.9 Å². The Balaban J connectivity index is 1.75. The summed E-state index contributed by atoms with van der Waals surface area (Å²) in [5, 5.41) is 9.77. The Bertz CT molecular complexity index is 628. The van der Waals surface area contributed by atoms with Gasteiger partial charge >= 0.3 is 6.18 Å². The molecule has 0 bridgehead atoms. The molecule has 114 valence electrons. The van der Waals surface area contributed by atoms with Crippen molar-refractivity contribution in [2.75, 3.05) is 24.6 Å². The van der Waals surface area contributed by atoms with E-state index < -0.39 is 17.3 Å². The maximum Gasteiger partial charge on any atom is 0.445 e. The standard InChI is InChI=1S/C10H10F3N5O2S/c1-5-14-7(17-20-5)6-4-18(2-3-19-6)9-16-15-8(21-9)10(11,12)13/h6H,2-4H2,1H3/t6-/m1/s1. The molecule has 0 saturated carbocycles. The Hall–Kier alpha value is -1.75. The van der Waals surface area contributed by atoms with Crippen molar-refractivity contribution in [3.8, 4) is 0 Å². The van der Waals surface area contributed by atoms with Gasteiger partial charge in [0, 0.05) is 13.5 Å². The smallest absolute Gasteiger partial charge is 0.366 e. The van der Waals surface area contributed by atoms with Crippen LogP contribution in [0.2, 0.25) is 0 Å². The summed E-state index contributed by atoms with van der Waals surface area (Å²) in [6.07, 6.45) is -4.94. The van der Waals surface area contributed by atoms with Crippen LogP contribution in [0.15, 0.2) is 4.52 Å². The number of aryl methyl sites for hydroxylation is 1. The minimum atomic E-state index is -4.48. The summed E-state index contributed by atoms with van der Waals surface area (Å²) in [6.45, 7) is 2.71. The summed E-state index contributed by atoms with van der Waals surface area (Å²) in [6, 6.07) is 0. The molecule has 11 heteroatoms. The van der Waals surface area contributed by atoms with Crippen molar-refractivity contribution in [3.05, 3.63) is 16.7 Å². The van der Waals surface area contributed by atoms with Gasteiger partial charge in [-0.3, -0.25) is 0 Å². The Morgan fingerprint density at radius 3 is 2.76 bits per heavy atom. The Morgan fingerprint density at radius 2 is 2.14 bits per heavy atom. The van der Waals surface area contributed by atoms with Gasteiger partial charge in [0.15, 0.2) is 0 Å². The average molecular weight is 321 g/mol. The van der Waals surface area contributed by atoms with Gasteiger partial charge in [0.05, 0.1) is 13.2 Å². The van der Waals surface area contributed by atoms with Crippen molar-refractivity contribution in [2.45, 2.75) is 19.2 Å². The lowest BCUT2D eigenvalue weighted by Gasteiger charge is -2.30. The molecule has 1 aliphatic rings. The number of ether oxygens (including phenoxy) is 1. The van der Waals surface area contributed by atoms with Gasteiger partial charge in [-0.1, -0.05) is 16.5 Å². The Kier molecular flexibility index (Phi) is 3.53. The van der Waals surface area contributed by atoms with E-state index in [4.69, 9.17) is 9.26 Å². The highest BCUT2D eigenvalue weighted by molar-refractivity contribution is 7.15. The Labute approximate surface area is 120 Å². The zero-order chi connectivity index (χ0) is 15.0. The first-order valence-electron chi connectivity index (χ1n) is 6.01. The highest BCUT2D eigenvalue weighted by Crippen LogP contribution is 2.35. The largest absolute Gasteiger partial charge is 0.445 e. The number of rotatable bonds is 2. The number of anilines is 1. The lowest BCUT2D eigenvalue weighted by Crippen LogP contribution is -2.38. The molecule has 1 fully saturated rings. The van der Waals surface area contributed by atoms with Gasteiger partial charge in [0.2, 0.25) is 21.9 Å². The fraction of sp³-hybridized carbons (Fsp3) is 0.600. The molecule has 0 amide bonds. The van der Waals surface area contributed by atoms with E-state index >= 15 is 0 Å². The molecule has 0 aromatic carbocycles. The summed E-state index contributed by atoms with van der Waals surface area (Å²) in [5.74, 6) is 0.777. The molecule has 1 saturated heterocycles. The molecule has 0 N–H and O–H groups in total. The first-order valence-corrected chi connectivity index (χ1v) is 6.82. The first kappa shape index (κ1) is 14.2. The van der Waals surface area contributed by atoms with E-state index in [2.05, 4.69) is 20.3 Å². The van der Waals surface area contributed by atoms with Crippen LogP contribution in [0.5, 0.6) is 0 Å². The van der Waals surface area contributed by atoms with Gasteiger partial charge in [-0.15, -0.1) is 10.2 Å². The molecule has 2 aromatic heterocycles. The average Bonchev–Trinajstić information content (AvgIpc) is 3.07.